The molecule has 0 heterocycles. The highest BCUT2D eigenvalue weighted by Crippen LogP contribution is 2.38. The molecule has 1 aromatic rings. The second-order valence-electron chi connectivity index (χ2n) is 4.38. The van der Waals surface area contributed by atoms with E-state index in [9.17, 15) is 10.1 Å². The van der Waals surface area contributed by atoms with Gasteiger partial charge >= 0.3 is 0 Å². The van der Waals surface area contributed by atoms with Crippen molar-refractivity contribution in [3.05, 3.63) is 33.9 Å². The minimum absolute atomic E-state index is 0.212. The molecule has 1 aliphatic carbocycles. The minimum atomic E-state index is -0.305. The van der Waals surface area contributed by atoms with E-state index in [-0.39, 0.29) is 10.6 Å². The van der Waals surface area contributed by atoms with Crippen molar-refractivity contribution in [3.63, 3.8) is 0 Å². The SMILES string of the molecule is CCC1CC1Nc1cccc(C)c1[N+](=O)[O-]. The van der Waals surface area contributed by atoms with Gasteiger partial charge in [-0.2, -0.15) is 0 Å². The van der Waals surface area contributed by atoms with E-state index in [1.54, 1.807) is 19.1 Å². The van der Waals surface area contributed by atoms with Gasteiger partial charge in [0.15, 0.2) is 0 Å². The Morgan fingerprint density at radius 1 is 1.56 bits per heavy atom. The van der Waals surface area contributed by atoms with Crippen LogP contribution in [0.5, 0.6) is 0 Å². The van der Waals surface area contributed by atoms with Crippen LogP contribution in [0.4, 0.5) is 11.4 Å². The predicted molar refractivity (Wildman–Crippen MR) is 63.6 cm³/mol. The molecule has 4 nitrogen and oxygen atoms in total. The normalized spacial score (nSPS) is 22.9. The summed E-state index contributed by atoms with van der Waals surface area (Å²) in [6.45, 7) is 3.92. The van der Waals surface area contributed by atoms with Crippen LogP contribution in [0, 0.1) is 23.0 Å². The number of nitrogens with one attached hydrogen (secondary N) is 1. The predicted octanol–water partition coefficient (Wildman–Crippen LogP) is 3.11. The number of para-hydroxylation sites is 1. The number of nitro groups is 1. The molecular weight excluding hydrogens is 204 g/mol. The number of anilines is 1. The minimum Gasteiger partial charge on any atom is -0.376 e. The fourth-order valence-corrected chi connectivity index (χ4v) is 2.09. The lowest BCUT2D eigenvalue weighted by atomic mass is 10.1. The summed E-state index contributed by atoms with van der Waals surface area (Å²) in [5, 5.41) is 14.2. The van der Waals surface area contributed by atoms with Crippen LogP contribution in [-0.2, 0) is 0 Å². The molecule has 2 atom stereocenters. The van der Waals surface area contributed by atoms with Gasteiger partial charge in [-0.3, -0.25) is 10.1 Å². The fraction of sp³-hybridized carbons (Fsp3) is 0.500. The molecule has 86 valence electrons. The molecule has 1 aromatic carbocycles. The Hall–Kier alpha value is -1.58. The van der Waals surface area contributed by atoms with Crippen LogP contribution in [0.3, 0.4) is 0 Å². The van der Waals surface area contributed by atoms with Gasteiger partial charge in [0.25, 0.3) is 5.69 Å². The number of benzene rings is 1. The molecule has 1 aliphatic rings. The van der Waals surface area contributed by atoms with E-state index in [4.69, 9.17) is 0 Å². The van der Waals surface area contributed by atoms with Crippen molar-refractivity contribution in [1.82, 2.24) is 0 Å². The Balaban J connectivity index is 2.20. The first-order valence-electron chi connectivity index (χ1n) is 5.64. The van der Waals surface area contributed by atoms with E-state index in [1.807, 2.05) is 6.07 Å². The lowest BCUT2D eigenvalue weighted by molar-refractivity contribution is -0.384. The van der Waals surface area contributed by atoms with Crippen LogP contribution in [0.15, 0.2) is 18.2 Å². The van der Waals surface area contributed by atoms with Crippen LogP contribution in [0.25, 0.3) is 0 Å². The average Bonchev–Trinajstić information content (AvgIpc) is 2.96. The number of rotatable bonds is 4. The second kappa shape index (κ2) is 4.12. The van der Waals surface area contributed by atoms with E-state index in [1.165, 1.54) is 0 Å². The van der Waals surface area contributed by atoms with Crippen molar-refractivity contribution in [3.8, 4) is 0 Å². The third kappa shape index (κ3) is 2.01. The molecule has 1 fully saturated rings. The maximum atomic E-state index is 11.0. The molecule has 0 amide bonds. The molecule has 2 rings (SSSR count). The summed E-state index contributed by atoms with van der Waals surface area (Å²) in [7, 11) is 0. The third-order valence-corrected chi connectivity index (χ3v) is 3.21. The van der Waals surface area contributed by atoms with E-state index >= 15 is 0 Å². The van der Waals surface area contributed by atoms with Gasteiger partial charge < -0.3 is 5.32 Å². The molecule has 0 radical (unpaired) electrons. The van der Waals surface area contributed by atoms with Gasteiger partial charge in [0.05, 0.1) is 4.92 Å². The number of hydrogen-bond acceptors (Lipinski definition) is 3. The summed E-state index contributed by atoms with van der Waals surface area (Å²) in [6, 6.07) is 5.84. The first-order valence-corrected chi connectivity index (χ1v) is 5.64. The lowest BCUT2D eigenvalue weighted by Gasteiger charge is -2.07. The van der Waals surface area contributed by atoms with Crippen molar-refractivity contribution in [1.29, 1.82) is 0 Å². The Labute approximate surface area is 94.8 Å². The number of nitro benzene ring substituents is 1. The number of hydrogen-bond donors (Lipinski definition) is 1. The Morgan fingerprint density at radius 3 is 2.88 bits per heavy atom. The Kier molecular flexibility index (Phi) is 2.81. The van der Waals surface area contributed by atoms with Crippen molar-refractivity contribution in [2.45, 2.75) is 32.7 Å². The maximum absolute atomic E-state index is 11.0. The highest BCUT2D eigenvalue weighted by molar-refractivity contribution is 5.65. The fourth-order valence-electron chi connectivity index (χ4n) is 2.09. The zero-order chi connectivity index (χ0) is 11.7. The molecule has 1 saturated carbocycles. The van der Waals surface area contributed by atoms with E-state index < -0.39 is 0 Å². The third-order valence-electron chi connectivity index (χ3n) is 3.21. The van der Waals surface area contributed by atoms with Gasteiger partial charge in [-0.15, -0.1) is 0 Å². The first kappa shape index (κ1) is 10.9. The highest BCUT2D eigenvalue weighted by Gasteiger charge is 2.36. The largest absolute Gasteiger partial charge is 0.376 e. The summed E-state index contributed by atoms with van der Waals surface area (Å²) >= 11 is 0. The quantitative estimate of drug-likeness (QED) is 0.626. The van der Waals surface area contributed by atoms with Gasteiger partial charge in [-0.05, 0) is 25.3 Å². The molecule has 4 heteroatoms. The highest BCUT2D eigenvalue weighted by atomic mass is 16.6. The van der Waals surface area contributed by atoms with Crippen molar-refractivity contribution in [2.24, 2.45) is 5.92 Å². The zero-order valence-corrected chi connectivity index (χ0v) is 9.56. The molecular formula is C12H16N2O2. The van der Waals surface area contributed by atoms with Crippen molar-refractivity contribution < 1.29 is 4.92 Å². The van der Waals surface area contributed by atoms with Gasteiger partial charge in [0, 0.05) is 11.6 Å². The van der Waals surface area contributed by atoms with Crippen LogP contribution >= 0.6 is 0 Å². The smallest absolute Gasteiger partial charge is 0.295 e. The van der Waals surface area contributed by atoms with E-state index in [2.05, 4.69) is 12.2 Å². The Bertz CT molecular complexity index is 417. The van der Waals surface area contributed by atoms with Crippen LogP contribution < -0.4 is 5.32 Å². The molecule has 16 heavy (non-hydrogen) atoms. The van der Waals surface area contributed by atoms with Gasteiger partial charge in [0.2, 0.25) is 0 Å². The molecule has 2 unspecified atom stereocenters. The lowest BCUT2D eigenvalue weighted by Crippen LogP contribution is -2.07. The second-order valence-corrected chi connectivity index (χ2v) is 4.38. The first-order chi connectivity index (χ1) is 7.63. The topological polar surface area (TPSA) is 55.2 Å². The molecule has 0 aromatic heterocycles. The van der Waals surface area contributed by atoms with Gasteiger partial charge in [-0.1, -0.05) is 25.5 Å². The zero-order valence-electron chi connectivity index (χ0n) is 9.56. The standard InChI is InChI=1S/C12H16N2O2/c1-3-9-7-11(9)13-10-6-4-5-8(2)12(10)14(15)16/h4-6,9,11,13H,3,7H2,1-2H3. The molecule has 1 N–H and O–H groups in total. The Morgan fingerprint density at radius 2 is 2.31 bits per heavy atom. The van der Waals surface area contributed by atoms with Crippen molar-refractivity contribution >= 4 is 11.4 Å². The van der Waals surface area contributed by atoms with E-state index in [0.29, 0.717) is 23.2 Å². The number of nitrogens with zero attached hydrogens (tertiary/aromatic N) is 1. The summed E-state index contributed by atoms with van der Waals surface area (Å²) in [6.07, 6.45) is 2.26. The van der Waals surface area contributed by atoms with E-state index in [0.717, 1.165) is 12.8 Å². The van der Waals surface area contributed by atoms with Crippen LogP contribution in [-0.4, -0.2) is 11.0 Å². The van der Waals surface area contributed by atoms with Gasteiger partial charge in [-0.25, -0.2) is 0 Å². The summed E-state index contributed by atoms with van der Waals surface area (Å²) in [5.74, 6) is 0.681. The molecule has 0 spiro atoms. The molecule has 0 saturated heterocycles. The summed E-state index contributed by atoms with van der Waals surface area (Å²) in [4.78, 5) is 10.7. The van der Waals surface area contributed by atoms with Crippen LogP contribution in [0.1, 0.15) is 25.3 Å². The summed E-state index contributed by atoms with van der Waals surface area (Å²) in [5.41, 5.74) is 1.58. The maximum Gasteiger partial charge on any atom is 0.295 e. The van der Waals surface area contributed by atoms with Gasteiger partial charge in [0.1, 0.15) is 5.69 Å². The molecule has 0 bridgehead atoms. The average molecular weight is 220 g/mol. The monoisotopic (exact) mass is 220 g/mol. The molecule has 0 aliphatic heterocycles. The van der Waals surface area contributed by atoms with Crippen LogP contribution in [0.2, 0.25) is 0 Å². The van der Waals surface area contributed by atoms with Crippen molar-refractivity contribution in [2.75, 3.05) is 5.32 Å². The number of aryl methyl sites for hydroxylation is 1. The summed E-state index contributed by atoms with van der Waals surface area (Å²) < 4.78 is 0.